The zero-order chi connectivity index (χ0) is 11.2. The van der Waals surface area contributed by atoms with Crippen LogP contribution >= 0.6 is 0 Å². The van der Waals surface area contributed by atoms with Gasteiger partial charge in [-0.2, -0.15) is 0 Å². The van der Waals surface area contributed by atoms with Crippen LogP contribution in [-0.4, -0.2) is 0 Å². The van der Waals surface area contributed by atoms with E-state index in [-0.39, 0.29) is 0 Å². The first-order valence-corrected chi connectivity index (χ1v) is 6.74. The van der Waals surface area contributed by atoms with Gasteiger partial charge < -0.3 is 0 Å². The zero-order valence-corrected chi connectivity index (χ0v) is 11.0. The first-order chi connectivity index (χ1) is 7.05. The number of rotatable bonds is 2. The number of hydrogen-bond acceptors (Lipinski definition) is 0. The Balaban J connectivity index is 2.29. The van der Waals surface area contributed by atoms with Gasteiger partial charge in [0.05, 0.1) is 0 Å². The highest BCUT2D eigenvalue weighted by Gasteiger charge is 2.53. The summed E-state index contributed by atoms with van der Waals surface area (Å²) in [6, 6.07) is 0. The number of fused-ring (bicyclic) bond motifs is 1. The van der Waals surface area contributed by atoms with Gasteiger partial charge in [-0.25, -0.2) is 0 Å². The van der Waals surface area contributed by atoms with Crippen molar-refractivity contribution in [1.29, 1.82) is 0 Å². The van der Waals surface area contributed by atoms with Gasteiger partial charge in [0, 0.05) is 0 Å². The maximum atomic E-state index is 2.58. The Morgan fingerprint density at radius 2 is 1.87 bits per heavy atom. The van der Waals surface area contributed by atoms with Crippen molar-refractivity contribution in [3.8, 4) is 0 Å². The molecule has 4 atom stereocenters. The smallest absolute Gasteiger partial charge is 0.0146 e. The molecular weight excluding hydrogens is 180 g/mol. The molecule has 2 rings (SSSR count). The minimum Gasteiger partial charge on any atom is -0.0819 e. The van der Waals surface area contributed by atoms with Gasteiger partial charge in [-0.3, -0.25) is 0 Å². The van der Waals surface area contributed by atoms with Crippen molar-refractivity contribution in [3.05, 3.63) is 11.6 Å². The monoisotopic (exact) mass is 206 g/mol. The molecule has 0 saturated heterocycles. The van der Waals surface area contributed by atoms with E-state index in [0.29, 0.717) is 5.41 Å². The molecule has 2 aliphatic carbocycles. The maximum Gasteiger partial charge on any atom is -0.0146 e. The highest BCUT2D eigenvalue weighted by Crippen LogP contribution is 2.60. The van der Waals surface area contributed by atoms with Crippen LogP contribution in [0.25, 0.3) is 0 Å². The summed E-state index contributed by atoms with van der Waals surface area (Å²) < 4.78 is 0. The fraction of sp³-hybridized carbons (Fsp3) is 0.867. The molecule has 0 aromatic rings. The highest BCUT2D eigenvalue weighted by atomic mass is 14.6. The minimum atomic E-state index is 0.603. The molecule has 0 radical (unpaired) electrons. The lowest BCUT2D eigenvalue weighted by Gasteiger charge is -2.36. The van der Waals surface area contributed by atoms with Crippen molar-refractivity contribution < 1.29 is 0 Å². The van der Waals surface area contributed by atoms with Crippen molar-refractivity contribution in [2.24, 2.45) is 29.1 Å². The van der Waals surface area contributed by atoms with E-state index in [1.54, 1.807) is 5.57 Å². The quantitative estimate of drug-likeness (QED) is 0.576. The highest BCUT2D eigenvalue weighted by molar-refractivity contribution is 5.22. The van der Waals surface area contributed by atoms with Crippen LogP contribution in [0, 0.1) is 29.1 Å². The summed E-state index contributed by atoms with van der Waals surface area (Å²) in [6.07, 6.45) is 6.76. The molecule has 1 saturated carbocycles. The Morgan fingerprint density at radius 3 is 2.40 bits per heavy atom. The summed E-state index contributed by atoms with van der Waals surface area (Å²) in [7, 11) is 0. The molecule has 15 heavy (non-hydrogen) atoms. The second-order valence-electron chi connectivity index (χ2n) is 6.02. The predicted molar refractivity (Wildman–Crippen MR) is 66.7 cm³/mol. The van der Waals surface area contributed by atoms with Crippen LogP contribution in [0.3, 0.4) is 0 Å². The molecule has 4 unspecified atom stereocenters. The summed E-state index contributed by atoms with van der Waals surface area (Å²) >= 11 is 0. The molecule has 0 heteroatoms. The van der Waals surface area contributed by atoms with Gasteiger partial charge in [-0.1, -0.05) is 39.3 Å². The van der Waals surface area contributed by atoms with Gasteiger partial charge in [-0.15, -0.1) is 0 Å². The van der Waals surface area contributed by atoms with Gasteiger partial charge in [-0.05, 0) is 55.3 Å². The summed E-state index contributed by atoms with van der Waals surface area (Å²) in [5.74, 6) is 3.69. The van der Waals surface area contributed by atoms with E-state index in [1.807, 2.05) is 0 Å². The van der Waals surface area contributed by atoms with Crippen LogP contribution in [-0.2, 0) is 0 Å². The van der Waals surface area contributed by atoms with Crippen molar-refractivity contribution in [2.45, 2.75) is 53.9 Å². The lowest BCUT2D eigenvalue weighted by Crippen LogP contribution is -2.27. The zero-order valence-electron chi connectivity index (χ0n) is 11.0. The molecule has 0 aliphatic heterocycles. The topological polar surface area (TPSA) is 0 Å². The van der Waals surface area contributed by atoms with Gasteiger partial charge in [0.25, 0.3) is 0 Å². The first-order valence-electron chi connectivity index (χ1n) is 6.74. The van der Waals surface area contributed by atoms with Gasteiger partial charge >= 0.3 is 0 Å². The Labute approximate surface area is 95.1 Å². The SMILES string of the molecule is CCC1(CC)CC2C(C)C2C(C)=CC1C. The standard InChI is InChI=1S/C15H26/c1-6-15(7-2)9-13-12(5)14(13)10(3)8-11(15)4/h8,11-14H,6-7,9H2,1-5H3. The van der Waals surface area contributed by atoms with E-state index in [1.165, 1.54) is 19.3 Å². The maximum absolute atomic E-state index is 2.58. The van der Waals surface area contributed by atoms with E-state index < -0.39 is 0 Å². The average Bonchev–Trinajstić information content (AvgIpc) is 2.86. The van der Waals surface area contributed by atoms with E-state index in [4.69, 9.17) is 0 Å². The van der Waals surface area contributed by atoms with Crippen molar-refractivity contribution in [3.63, 3.8) is 0 Å². The third-order valence-corrected chi connectivity index (χ3v) is 5.62. The van der Waals surface area contributed by atoms with E-state index in [0.717, 1.165) is 23.7 Å². The molecule has 86 valence electrons. The molecule has 0 heterocycles. The van der Waals surface area contributed by atoms with E-state index in [9.17, 15) is 0 Å². The summed E-state index contributed by atoms with van der Waals surface area (Å²) in [4.78, 5) is 0. The van der Waals surface area contributed by atoms with Crippen molar-refractivity contribution >= 4 is 0 Å². The van der Waals surface area contributed by atoms with Crippen molar-refractivity contribution in [1.82, 2.24) is 0 Å². The summed E-state index contributed by atoms with van der Waals surface area (Å²) in [6.45, 7) is 12.0. The van der Waals surface area contributed by atoms with E-state index in [2.05, 4.69) is 40.7 Å². The molecule has 0 nitrogen and oxygen atoms in total. The van der Waals surface area contributed by atoms with Crippen molar-refractivity contribution in [2.75, 3.05) is 0 Å². The Bertz CT molecular complexity index is 270. The molecule has 0 N–H and O–H groups in total. The molecule has 0 aromatic carbocycles. The van der Waals surface area contributed by atoms with Gasteiger partial charge in [0.1, 0.15) is 0 Å². The second-order valence-corrected chi connectivity index (χ2v) is 6.02. The van der Waals surface area contributed by atoms with Crippen LogP contribution in [0.1, 0.15) is 53.9 Å². The van der Waals surface area contributed by atoms with Crippen LogP contribution < -0.4 is 0 Å². The molecule has 0 amide bonds. The molecule has 0 aromatic heterocycles. The normalized spacial score (nSPS) is 42.9. The van der Waals surface area contributed by atoms with Gasteiger partial charge in [0.2, 0.25) is 0 Å². The van der Waals surface area contributed by atoms with Crippen LogP contribution in [0.15, 0.2) is 11.6 Å². The molecule has 0 spiro atoms. The minimum absolute atomic E-state index is 0.603. The van der Waals surface area contributed by atoms with Gasteiger partial charge in [0.15, 0.2) is 0 Å². The van der Waals surface area contributed by atoms with Crippen LogP contribution in [0.4, 0.5) is 0 Å². The van der Waals surface area contributed by atoms with Crippen LogP contribution in [0.5, 0.6) is 0 Å². The fourth-order valence-corrected chi connectivity index (χ4v) is 4.13. The molecule has 0 bridgehead atoms. The fourth-order valence-electron chi connectivity index (χ4n) is 4.13. The molecule has 2 aliphatic rings. The van der Waals surface area contributed by atoms with Crippen LogP contribution in [0.2, 0.25) is 0 Å². The number of allylic oxidation sites excluding steroid dienone is 2. The summed E-state index contributed by atoms with van der Waals surface area (Å²) in [5.41, 5.74) is 2.29. The molecule has 1 fully saturated rings. The number of hydrogen-bond donors (Lipinski definition) is 0. The lowest BCUT2D eigenvalue weighted by molar-refractivity contribution is 0.162. The first kappa shape index (κ1) is 11.2. The third-order valence-electron chi connectivity index (χ3n) is 5.62. The Hall–Kier alpha value is -0.260. The summed E-state index contributed by atoms with van der Waals surface area (Å²) in [5, 5.41) is 0. The lowest BCUT2D eigenvalue weighted by atomic mass is 9.69. The third kappa shape index (κ3) is 1.57. The van der Waals surface area contributed by atoms with E-state index >= 15 is 0 Å². The predicted octanol–water partition coefficient (Wildman–Crippen LogP) is 4.66. The Kier molecular flexibility index (Phi) is 2.73. The second kappa shape index (κ2) is 3.64. The Morgan fingerprint density at radius 1 is 1.27 bits per heavy atom. The molecular formula is C15H26. The average molecular weight is 206 g/mol. The largest absolute Gasteiger partial charge is 0.0819 e.